The summed E-state index contributed by atoms with van der Waals surface area (Å²) in [5, 5.41) is 10.8. The second kappa shape index (κ2) is 4.04. The largest absolute Gasteiger partial charge is 0.295 e. The fraction of sp³-hybridized carbons (Fsp3) is 0.182. The summed E-state index contributed by atoms with van der Waals surface area (Å²) in [5.74, 6) is -0.189. The van der Waals surface area contributed by atoms with Gasteiger partial charge >= 0.3 is 0 Å². The molecule has 0 N–H and O–H groups in total. The first-order valence-electron chi connectivity index (χ1n) is 4.38. The maximum absolute atomic E-state index is 11.1. The van der Waals surface area contributed by atoms with Crippen molar-refractivity contribution < 1.29 is 9.72 Å². The summed E-state index contributed by atoms with van der Waals surface area (Å²) in [6.45, 7) is 6.72. The molecule has 1 rings (SSSR count). The number of benzene rings is 1. The van der Waals surface area contributed by atoms with E-state index in [2.05, 4.69) is 6.58 Å². The van der Waals surface area contributed by atoms with E-state index in [1.807, 2.05) is 0 Å². The zero-order valence-corrected chi connectivity index (χ0v) is 8.61. The van der Waals surface area contributed by atoms with E-state index in [1.165, 1.54) is 13.0 Å². The zero-order chi connectivity index (χ0) is 11.6. The van der Waals surface area contributed by atoms with Gasteiger partial charge in [-0.15, -0.1) is 0 Å². The van der Waals surface area contributed by atoms with Gasteiger partial charge in [0, 0.05) is 11.6 Å². The Morgan fingerprint density at radius 2 is 2.00 bits per heavy atom. The molecule has 0 aliphatic rings. The minimum absolute atomic E-state index is 0.0739. The Morgan fingerprint density at radius 3 is 2.40 bits per heavy atom. The number of allylic oxidation sites excluding steroid dienone is 1. The van der Waals surface area contributed by atoms with Crippen molar-refractivity contribution in [1.82, 2.24) is 0 Å². The number of rotatable bonds is 3. The molecule has 0 aliphatic heterocycles. The first kappa shape index (κ1) is 11.1. The summed E-state index contributed by atoms with van der Waals surface area (Å²) in [6.07, 6.45) is 0. The lowest BCUT2D eigenvalue weighted by Gasteiger charge is -2.03. The van der Waals surface area contributed by atoms with Crippen molar-refractivity contribution in [2.45, 2.75) is 13.8 Å². The minimum Gasteiger partial charge on any atom is -0.295 e. The Labute approximate surface area is 87.4 Å². The van der Waals surface area contributed by atoms with Crippen LogP contribution in [0.4, 0.5) is 5.69 Å². The van der Waals surface area contributed by atoms with Crippen LogP contribution in [0.25, 0.3) is 5.57 Å². The molecular formula is C11H11NO3. The minimum atomic E-state index is -0.504. The molecule has 0 spiro atoms. The van der Waals surface area contributed by atoms with Crippen LogP contribution in [0.5, 0.6) is 0 Å². The number of nitro benzene ring substituents is 1. The molecular weight excluding hydrogens is 194 g/mol. The van der Waals surface area contributed by atoms with Gasteiger partial charge in [0.15, 0.2) is 5.78 Å². The maximum Gasteiger partial charge on any atom is 0.277 e. The average molecular weight is 205 g/mol. The molecule has 1 aromatic carbocycles. The highest BCUT2D eigenvalue weighted by Crippen LogP contribution is 2.25. The number of ketones is 1. The van der Waals surface area contributed by atoms with Gasteiger partial charge in [0.2, 0.25) is 0 Å². The van der Waals surface area contributed by atoms with E-state index in [0.717, 1.165) is 0 Å². The second-order valence-corrected chi connectivity index (χ2v) is 3.33. The Bertz CT molecular complexity index is 449. The molecule has 0 unspecified atom stereocenters. The van der Waals surface area contributed by atoms with E-state index in [9.17, 15) is 14.9 Å². The molecule has 0 atom stereocenters. The van der Waals surface area contributed by atoms with Crippen LogP contribution in [0.2, 0.25) is 0 Å². The highest BCUT2D eigenvalue weighted by Gasteiger charge is 2.16. The quantitative estimate of drug-likeness (QED) is 0.433. The lowest BCUT2D eigenvalue weighted by molar-refractivity contribution is -0.385. The van der Waals surface area contributed by atoms with Crippen molar-refractivity contribution in [2.75, 3.05) is 0 Å². The molecule has 78 valence electrons. The van der Waals surface area contributed by atoms with Gasteiger partial charge in [0.05, 0.1) is 10.5 Å². The molecule has 0 radical (unpaired) electrons. The number of hydrogen-bond donors (Lipinski definition) is 0. The Morgan fingerprint density at radius 1 is 1.40 bits per heavy atom. The van der Waals surface area contributed by atoms with Crippen LogP contribution in [-0.2, 0) is 0 Å². The fourth-order valence-electron chi connectivity index (χ4n) is 1.26. The molecule has 1 aromatic rings. The summed E-state index contributed by atoms with van der Waals surface area (Å²) in [5.41, 5.74) is 1.34. The van der Waals surface area contributed by atoms with Gasteiger partial charge in [-0.3, -0.25) is 14.9 Å². The van der Waals surface area contributed by atoms with E-state index in [0.29, 0.717) is 16.7 Å². The van der Waals surface area contributed by atoms with Crippen LogP contribution in [0.15, 0.2) is 24.8 Å². The SMILES string of the molecule is C=C(C)c1ccc(C(C)=O)cc1[N+](=O)[O-]. The summed E-state index contributed by atoms with van der Waals surface area (Å²) in [7, 11) is 0. The molecule has 0 aromatic heterocycles. The van der Waals surface area contributed by atoms with Crippen LogP contribution >= 0.6 is 0 Å². The van der Waals surface area contributed by atoms with Crippen LogP contribution in [-0.4, -0.2) is 10.7 Å². The molecule has 0 saturated heterocycles. The molecule has 4 nitrogen and oxygen atoms in total. The Balaban J connectivity index is 3.40. The third kappa shape index (κ3) is 2.28. The number of Topliss-reactive ketones (excluding diaryl/α,β-unsaturated/α-hetero) is 1. The van der Waals surface area contributed by atoms with Gasteiger partial charge in [-0.05, 0) is 25.5 Å². The number of carbonyl (C=O) groups excluding carboxylic acids is 1. The summed E-state index contributed by atoms with van der Waals surface area (Å²) in [6, 6.07) is 4.41. The fourth-order valence-corrected chi connectivity index (χ4v) is 1.26. The standard InChI is InChI=1S/C11H11NO3/c1-7(2)10-5-4-9(8(3)13)6-11(10)12(14)15/h4-6H,1H2,2-3H3. The van der Waals surface area contributed by atoms with Gasteiger partial charge in [-0.25, -0.2) is 0 Å². The van der Waals surface area contributed by atoms with Gasteiger partial charge in [0.1, 0.15) is 0 Å². The number of carbonyl (C=O) groups is 1. The lowest BCUT2D eigenvalue weighted by Crippen LogP contribution is -1.98. The van der Waals surface area contributed by atoms with E-state index in [4.69, 9.17) is 0 Å². The van der Waals surface area contributed by atoms with E-state index < -0.39 is 4.92 Å². The van der Waals surface area contributed by atoms with Crippen molar-refractivity contribution in [2.24, 2.45) is 0 Å². The second-order valence-electron chi connectivity index (χ2n) is 3.33. The highest BCUT2D eigenvalue weighted by atomic mass is 16.6. The van der Waals surface area contributed by atoms with Crippen LogP contribution in [0.3, 0.4) is 0 Å². The third-order valence-electron chi connectivity index (χ3n) is 2.06. The summed E-state index contributed by atoms with van der Waals surface area (Å²) in [4.78, 5) is 21.3. The van der Waals surface area contributed by atoms with Crippen molar-refractivity contribution >= 4 is 17.0 Å². The smallest absolute Gasteiger partial charge is 0.277 e. The van der Waals surface area contributed by atoms with Crippen molar-refractivity contribution in [3.8, 4) is 0 Å². The van der Waals surface area contributed by atoms with Crippen molar-refractivity contribution in [3.63, 3.8) is 0 Å². The van der Waals surface area contributed by atoms with Crippen LogP contribution in [0.1, 0.15) is 29.8 Å². The Hall–Kier alpha value is -1.97. The number of hydrogen-bond acceptors (Lipinski definition) is 3. The van der Waals surface area contributed by atoms with Crippen molar-refractivity contribution in [1.29, 1.82) is 0 Å². The Kier molecular flexibility index (Phi) is 2.99. The molecule has 0 saturated carbocycles. The molecule has 0 amide bonds. The molecule has 15 heavy (non-hydrogen) atoms. The maximum atomic E-state index is 11.1. The van der Waals surface area contributed by atoms with Gasteiger partial charge in [0.25, 0.3) is 5.69 Å². The van der Waals surface area contributed by atoms with Gasteiger partial charge in [-0.1, -0.05) is 12.6 Å². The topological polar surface area (TPSA) is 60.2 Å². The lowest BCUT2D eigenvalue weighted by atomic mass is 10.0. The normalized spacial score (nSPS) is 9.73. The molecule has 4 heteroatoms. The molecule has 0 bridgehead atoms. The summed E-state index contributed by atoms with van der Waals surface area (Å²) >= 11 is 0. The first-order chi connectivity index (χ1) is 6.93. The van der Waals surface area contributed by atoms with Crippen molar-refractivity contribution in [3.05, 3.63) is 46.0 Å². The van der Waals surface area contributed by atoms with Gasteiger partial charge < -0.3 is 0 Å². The monoisotopic (exact) mass is 205 g/mol. The molecule has 0 fully saturated rings. The molecule has 0 aliphatic carbocycles. The average Bonchev–Trinajstić information content (AvgIpc) is 2.16. The highest BCUT2D eigenvalue weighted by molar-refractivity contribution is 5.95. The number of nitrogens with zero attached hydrogens (tertiary/aromatic N) is 1. The van der Waals surface area contributed by atoms with E-state index in [1.54, 1.807) is 19.1 Å². The number of nitro groups is 1. The first-order valence-corrected chi connectivity index (χ1v) is 4.38. The van der Waals surface area contributed by atoms with E-state index >= 15 is 0 Å². The van der Waals surface area contributed by atoms with E-state index in [-0.39, 0.29) is 11.5 Å². The predicted molar refractivity (Wildman–Crippen MR) is 57.8 cm³/mol. The van der Waals surface area contributed by atoms with Crippen LogP contribution in [0, 0.1) is 10.1 Å². The predicted octanol–water partition coefficient (Wildman–Crippen LogP) is 2.83. The zero-order valence-electron chi connectivity index (χ0n) is 8.61. The third-order valence-corrected chi connectivity index (χ3v) is 2.06. The molecule has 0 heterocycles. The summed E-state index contributed by atoms with van der Waals surface area (Å²) < 4.78 is 0. The van der Waals surface area contributed by atoms with Gasteiger partial charge in [-0.2, -0.15) is 0 Å². The van der Waals surface area contributed by atoms with Crippen LogP contribution < -0.4 is 0 Å².